The Kier molecular flexibility index (Phi) is 5.65. The third-order valence-corrected chi connectivity index (χ3v) is 6.52. The molecule has 0 radical (unpaired) electrons. The summed E-state index contributed by atoms with van der Waals surface area (Å²) >= 11 is 0. The lowest BCUT2D eigenvalue weighted by Gasteiger charge is -2.35. The first kappa shape index (κ1) is 17.5. The third kappa shape index (κ3) is 4.03. The van der Waals surface area contributed by atoms with E-state index in [0.717, 1.165) is 30.0 Å². The highest BCUT2D eigenvalue weighted by atomic mass is 31.0. The number of esters is 1. The number of hydrogen-bond donors (Lipinski definition) is 2. The Labute approximate surface area is 146 Å². The van der Waals surface area contributed by atoms with Gasteiger partial charge < -0.3 is 16.2 Å². The van der Waals surface area contributed by atoms with Crippen molar-refractivity contribution in [3.63, 3.8) is 0 Å². The summed E-state index contributed by atoms with van der Waals surface area (Å²) in [6, 6.07) is 3.34. The number of nitrogens with two attached hydrogens (primary N) is 2. The zero-order valence-corrected chi connectivity index (χ0v) is 15.5. The molecule has 0 amide bonds. The van der Waals surface area contributed by atoms with Crippen LogP contribution in [0.15, 0.2) is 12.1 Å². The SMILES string of the molecule is Nc1cc(OC(=O)C2CCC(C3CCCCC3)CC2)cc(N)c1P. The average Bonchev–Trinajstić information content (AvgIpc) is 2.60. The molecule has 3 rings (SSSR count). The van der Waals surface area contributed by atoms with Crippen molar-refractivity contribution < 1.29 is 9.53 Å². The maximum absolute atomic E-state index is 12.4. The lowest BCUT2D eigenvalue weighted by atomic mass is 9.71. The Hall–Kier alpha value is -1.28. The number of carbonyl (C=O) groups excluding carboxylic acids is 1. The molecule has 0 aliphatic heterocycles. The van der Waals surface area contributed by atoms with Gasteiger partial charge in [0.15, 0.2) is 0 Å². The van der Waals surface area contributed by atoms with Crippen LogP contribution in [0.4, 0.5) is 11.4 Å². The molecule has 1 unspecified atom stereocenters. The minimum atomic E-state index is -0.132. The molecule has 2 aliphatic rings. The standard InChI is InChI=1S/C19H29N2O2P/c20-16-10-15(11-17(21)18(16)24)23-19(22)14-8-6-13(7-9-14)12-4-2-1-3-5-12/h10-14H,1-9,20-21,24H2. The molecule has 2 aliphatic carbocycles. The first-order valence-electron chi connectivity index (χ1n) is 9.20. The Morgan fingerprint density at radius 3 is 2.04 bits per heavy atom. The van der Waals surface area contributed by atoms with Crippen molar-refractivity contribution in [3.8, 4) is 5.75 Å². The summed E-state index contributed by atoms with van der Waals surface area (Å²) < 4.78 is 5.54. The molecule has 1 aromatic carbocycles. The highest BCUT2D eigenvalue weighted by Crippen LogP contribution is 2.40. The highest BCUT2D eigenvalue weighted by molar-refractivity contribution is 7.28. The second kappa shape index (κ2) is 7.74. The number of hydrogen-bond acceptors (Lipinski definition) is 4. The normalized spacial score (nSPS) is 25.4. The van der Waals surface area contributed by atoms with Crippen LogP contribution in [0.25, 0.3) is 0 Å². The van der Waals surface area contributed by atoms with Crippen molar-refractivity contribution >= 4 is 31.9 Å². The molecule has 1 atom stereocenters. The fourth-order valence-corrected chi connectivity index (χ4v) is 4.53. The molecule has 132 valence electrons. The molecule has 1 aromatic rings. The van der Waals surface area contributed by atoms with Crippen LogP contribution < -0.4 is 21.5 Å². The van der Waals surface area contributed by atoms with Crippen LogP contribution in [0.1, 0.15) is 57.8 Å². The van der Waals surface area contributed by atoms with Gasteiger partial charge >= 0.3 is 5.97 Å². The summed E-state index contributed by atoms with van der Waals surface area (Å²) in [7, 11) is 2.51. The highest BCUT2D eigenvalue weighted by Gasteiger charge is 2.32. The molecule has 4 nitrogen and oxygen atoms in total. The summed E-state index contributed by atoms with van der Waals surface area (Å²) in [5.41, 5.74) is 12.8. The predicted molar refractivity (Wildman–Crippen MR) is 102 cm³/mol. The van der Waals surface area contributed by atoms with Gasteiger partial charge in [0.05, 0.1) is 5.92 Å². The van der Waals surface area contributed by atoms with Crippen LogP contribution in [0.5, 0.6) is 5.75 Å². The molecule has 2 fully saturated rings. The van der Waals surface area contributed by atoms with Gasteiger partial charge in [-0.1, -0.05) is 32.1 Å². The summed E-state index contributed by atoms with van der Waals surface area (Å²) in [6.45, 7) is 0. The summed E-state index contributed by atoms with van der Waals surface area (Å²) in [6.07, 6.45) is 11.2. The van der Waals surface area contributed by atoms with Gasteiger partial charge in [-0.15, -0.1) is 9.24 Å². The second-order valence-electron chi connectivity index (χ2n) is 7.45. The number of rotatable bonds is 3. The van der Waals surface area contributed by atoms with E-state index in [1.54, 1.807) is 12.1 Å². The number of anilines is 2. The summed E-state index contributed by atoms with van der Waals surface area (Å²) in [5.74, 6) is 2.05. The molecule has 5 heteroatoms. The van der Waals surface area contributed by atoms with E-state index in [1.807, 2.05) is 0 Å². The fraction of sp³-hybridized carbons (Fsp3) is 0.632. The number of nitrogen functional groups attached to an aromatic ring is 2. The van der Waals surface area contributed by atoms with Crippen LogP contribution in [0, 0.1) is 17.8 Å². The van der Waals surface area contributed by atoms with Crippen LogP contribution in [0.3, 0.4) is 0 Å². The molecule has 0 bridgehead atoms. The first-order chi connectivity index (χ1) is 11.5. The Bertz CT molecular complexity index is 568. The largest absolute Gasteiger partial charge is 0.426 e. The van der Waals surface area contributed by atoms with Gasteiger partial charge in [-0.25, -0.2) is 0 Å². The van der Waals surface area contributed by atoms with Gasteiger partial charge in [0.25, 0.3) is 0 Å². The predicted octanol–water partition coefficient (Wildman–Crippen LogP) is 3.64. The van der Waals surface area contributed by atoms with Crippen LogP contribution >= 0.6 is 9.24 Å². The van der Waals surface area contributed by atoms with E-state index in [1.165, 1.54) is 44.9 Å². The van der Waals surface area contributed by atoms with E-state index in [2.05, 4.69) is 9.24 Å². The van der Waals surface area contributed by atoms with Gasteiger partial charge in [-0.05, 0) is 37.5 Å². The van der Waals surface area contributed by atoms with Crippen LogP contribution in [-0.4, -0.2) is 5.97 Å². The van der Waals surface area contributed by atoms with Crippen molar-refractivity contribution in [2.75, 3.05) is 11.5 Å². The minimum Gasteiger partial charge on any atom is -0.426 e. The van der Waals surface area contributed by atoms with Crippen molar-refractivity contribution in [1.29, 1.82) is 0 Å². The Morgan fingerprint density at radius 2 is 1.46 bits per heavy atom. The molecule has 24 heavy (non-hydrogen) atoms. The molecule has 0 saturated heterocycles. The van der Waals surface area contributed by atoms with E-state index in [-0.39, 0.29) is 11.9 Å². The second-order valence-corrected chi connectivity index (χ2v) is 8.02. The van der Waals surface area contributed by atoms with Crippen molar-refractivity contribution in [2.24, 2.45) is 17.8 Å². The monoisotopic (exact) mass is 348 g/mol. The van der Waals surface area contributed by atoms with E-state index >= 15 is 0 Å². The zero-order chi connectivity index (χ0) is 17.1. The maximum Gasteiger partial charge on any atom is 0.314 e. The van der Waals surface area contributed by atoms with Crippen molar-refractivity contribution in [1.82, 2.24) is 0 Å². The summed E-state index contributed by atoms with van der Waals surface area (Å²) in [4.78, 5) is 12.4. The smallest absolute Gasteiger partial charge is 0.314 e. The Balaban J connectivity index is 1.53. The fourth-order valence-electron chi connectivity index (χ4n) is 4.36. The van der Waals surface area contributed by atoms with Gasteiger partial charge in [-0.2, -0.15) is 0 Å². The number of benzene rings is 1. The third-order valence-electron chi connectivity index (χ3n) is 5.86. The van der Waals surface area contributed by atoms with Crippen LogP contribution in [-0.2, 0) is 4.79 Å². The molecular weight excluding hydrogens is 319 g/mol. The molecular formula is C19H29N2O2P. The zero-order valence-electron chi connectivity index (χ0n) is 14.3. The van der Waals surface area contributed by atoms with Gasteiger partial charge in [0.1, 0.15) is 5.75 Å². The van der Waals surface area contributed by atoms with Gasteiger partial charge in [0, 0.05) is 28.8 Å². The molecule has 2 saturated carbocycles. The molecule has 0 heterocycles. The van der Waals surface area contributed by atoms with E-state index in [4.69, 9.17) is 16.2 Å². The first-order valence-corrected chi connectivity index (χ1v) is 9.78. The van der Waals surface area contributed by atoms with E-state index in [0.29, 0.717) is 17.1 Å². The lowest BCUT2D eigenvalue weighted by Crippen LogP contribution is -2.29. The van der Waals surface area contributed by atoms with Gasteiger partial charge in [-0.3, -0.25) is 4.79 Å². The molecule has 4 N–H and O–H groups in total. The summed E-state index contributed by atoms with van der Waals surface area (Å²) in [5, 5.41) is 0.753. The van der Waals surface area contributed by atoms with Crippen molar-refractivity contribution in [2.45, 2.75) is 57.8 Å². The Morgan fingerprint density at radius 1 is 0.917 bits per heavy atom. The topological polar surface area (TPSA) is 78.3 Å². The average molecular weight is 348 g/mol. The lowest BCUT2D eigenvalue weighted by molar-refractivity contribution is -0.140. The quantitative estimate of drug-likeness (QED) is 0.378. The maximum atomic E-state index is 12.4. The molecule has 0 spiro atoms. The number of carbonyl (C=O) groups is 1. The van der Waals surface area contributed by atoms with Crippen LogP contribution in [0.2, 0.25) is 0 Å². The van der Waals surface area contributed by atoms with E-state index < -0.39 is 0 Å². The van der Waals surface area contributed by atoms with Crippen molar-refractivity contribution in [3.05, 3.63) is 12.1 Å². The minimum absolute atomic E-state index is 0.0166. The number of ether oxygens (including phenoxy) is 1. The molecule has 0 aromatic heterocycles. The van der Waals surface area contributed by atoms with E-state index in [9.17, 15) is 4.79 Å². The van der Waals surface area contributed by atoms with Gasteiger partial charge in [0.2, 0.25) is 0 Å².